The van der Waals surface area contributed by atoms with Crippen LogP contribution in [0.15, 0.2) is 18.2 Å². The molecule has 20 heavy (non-hydrogen) atoms. The van der Waals surface area contributed by atoms with Crippen LogP contribution in [-0.2, 0) is 20.1 Å². The average molecular weight is 292 g/mol. The molecule has 0 saturated heterocycles. The van der Waals surface area contributed by atoms with Gasteiger partial charge in [-0.2, -0.15) is 5.10 Å². The molecule has 1 atom stereocenters. The summed E-state index contributed by atoms with van der Waals surface area (Å²) in [5.74, 6) is 0.854. The number of ether oxygens (including phenoxy) is 1. The zero-order chi connectivity index (χ0) is 14.3. The van der Waals surface area contributed by atoms with Crippen molar-refractivity contribution in [2.24, 2.45) is 12.8 Å². The van der Waals surface area contributed by atoms with Gasteiger partial charge in [0.05, 0.1) is 16.4 Å². The average Bonchev–Trinajstić information content (AvgIpc) is 2.90. The van der Waals surface area contributed by atoms with Crippen LogP contribution in [0.3, 0.4) is 0 Å². The van der Waals surface area contributed by atoms with Gasteiger partial charge in [-0.3, -0.25) is 4.68 Å². The maximum atomic E-state index is 6.21. The van der Waals surface area contributed by atoms with Crippen LogP contribution in [0, 0.1) is 6.92 Å². The molecule has 3 rings (SSSR count). The van der Waals surface area contributed by atoms with Gasteiger partial charge in [0, 0.05) is 13.1 Å². The fourth-order valence-electron chi connectivity index (χ4n) is 2.71. The fourth-order valence-corrected chi connectivity index (χ4v) is 2.92. The Hall–Kier alpha value is -1.52. The first-order valence-corrected chi connectivity index (χ1v) is 7.13. The molecule has 0 saturated carbocycles. The van der Waals surface area contributed by atoms with Crippen molar-refractivity contribution in [3.63, 3.8) is 0 Å². The van der Waals surface area contributed by atoms with Crippen molar-refractivity contribution in [1.29, 1.82) is 0 Å². The topological polar surface area (TPSA) is 53.1 Å². The monoisotopic (exact) mass is 291 g/mol. The van der Waals surface area contributed by atoms with E-state index >= 15 is 0 Å². The van der Waals surface area contributed by atoms with Crippen molar-refractivity contribution in [2.75, 3.05) is 0 Å². The largest absolute Gasteiger partial charge is 0.487 e. The minimum atomic E-state index is 0.174. The quantitative estimate of drug-likeness (QED) is 0.946. The number of hydrogen-bond donors (Lipinski definition) is 1. The highest BCUT2D eigenvalue weighted by atomic mass is 35.5. The van der Waals surface area contributed by atoms with Crippen molar-refractivity contribution in [3.8, 4) is 5.75 Å². The van der Waals surface area contributed by atoms with Gasteiger partial charge in [0.15, 0.2) is 0 Å². The van der Waals surface area contributed by atoms with E-state index in [2.05, 4.69) is 17.2 Å². The van der Waals surface area contributed by atoms with Gasteiger partial charge in [-0.25, -0.2) is 0 Å². The third-order valence-electron chi connectivity index (χ3n) is 3.88. The Bertz CT molecular complexity index is 651. The Morgan fingerprint density at radius 2 is 2.30 bits per heavy atom. The Morgan fingerprint density at radius 3 is 3.00 bits per heavy atom. The Morgan fingerprint density at radius 1 is 1.50 bits per heavy atom. The van der Waals surface area contributed by atoms with Gasteiger partial charge in [0.1, 0.15) is 12.4 Å². The lowest BCUT2D eigenvalue weighted by Crippen LogP contribution is -2.05. The van der Waals surface area contributed by atoms with Crippen molar-refractivity contribution >= 4 is 11.6 Å². The Balaban J connectivity index is 1.76. The zero-order valence-electron chi connectivity index (χ0n) is 11.7. The number of nitrogens with zero attached hydrogens (tertiary/aromatic N) is 2. The third kappa shape index (κ3) is 2.30. The molecular formula is C15H18ClN3O. The van der Waals surface area contributed by atoms with Crippen LogP contribution >= 0.6 is 11.6 Å². The summed E-state index contributed by atoms with van der Waals surface area (Å²) in [7, 11) is 1.87. The second kappa shape index (κ2) is 5.11. The number of hydrogen-bond acceptors (Lipinski definition) is 3. The van der Waals surface area contributed by atoms with Crippen LogP contribution in [0.1, 0.15) is 35.0 Å². The lowest BCUT2D eigenvalue weighted by atomic mass is 10.1. The Kier molecular flexibility index (Phi) is 3.44. The predicted molar refractivity (Wildman–Crippen MR) is 79.0 cm³/mol. The van der Waals surface area contributed by atoms with Gasteiger partial charge < -0.3 is 10.5 Å². The van der Waals surface area contributed by atoms with Gasteiger partial charge in [-0.15, -0.1) is 0 Å². The van der Waals surface area contributed by atoms with E-state index in [-0.39, 0.29) is 6.04 Å². The number of benzene rings is 1. The molecule has 0 aliphatic heterocycles. The molecule has 1 heterocycles. The van der Waals surface area contributed by atoms with Crippen molar-refractivity contribution < 1.29 is 4.74 Å². The predicted octanol–water partition coefficient (Wildman–Crippen LogP) is 2.91. The summed E-state index contributed by atoms with van der Waals surface area (Å²) >= 11 is 6.21. The second-order valence-electron chi connectivity index (χ2n) is 5.26. The van der Waals surface area contributed by atoms with Crippen LogP contribution in [0.25, 0.3) is 0 Å². The number of nitrogens with two attached hydrogens (primary N) is 1. The lowest BCUT2D eigenvalue weighted by molar-refractivity contribution is 0.294. The maximum absolute atomic E-state index is 6.21. The molecule has 5 heteroatoms. The van der Waals surface area contributed by atoms with Gasteiger partial charge in [0.25, 0.3) is 0 Å². The molecule has 1 aromatic heterocycles. The van der Waals surface area contributed by atoms with E-state index in [9.17, 15) is 0 Å². The summed E-state index contributed by atoms with van der Waals surface area (Å²) in [6.45, 7) is 2.31. The number of aryl methyl sites for hydroxylation is 3. The SMILES string of the molecule is Cc1nn(C)c(COc2ccc3c(c2)CCC3N)c1Cl. The maximum Gasteiger partial charge on any atom is 0.131 e. The van der Waals surface area contributed by atoms with Crippen LogP contribution in [0.2, 0.25) is 5.02 Å². The standard InChI is InChI=1S/C15H18ClN3O/c1-9-15(16)14(19(2)18-9)8-20-11-4-5-12-10(7-11)3-6-13(12)17/h4-5,7,13H,3,6,8,17H2,1-2H3. The van der Waals surface area contributed by atoms with Crippen LogP contribution in [0.5, 0.6) is 5.75 Å². The minimum absolute atomic E-state index is 0.174. The molecule has 2 N–H and O–H groups in total. The molecule has 1 unspecified atom stereocenters. The van der Waals surface area contributed by atoms with Gasteiger partial charge in [0.2, 0.25) is 0 Å². The van der Waals surface area contributed by atoms with Gasteiger partial charge >= 0.3 is 0 Å². The first-order valence-electron chi connectivity index (χ1n) is 6.75. The van der Waals surface area contributed by atoms with E-state index in [1.165, 1.54) is 11.1 Å². The van der Waals surface area contributed by atoms with Crippen LogP contribution in [-0.4, -0.2) is 9.78 Å². The second-order valence-corrected chi connectivity index (χ2v) is 5.64. The van der Waals surface area contributed by atoms with E-state index < -0.39 is 0 Å². The molecular weight excluding hydrogens is 274 g/mol. The zero-order valence-corrected chi connectivity index (χ0v) is 12.4. The summed E-state index contributed by atoms with van der Waals surface area (Å²) in [6, 6.07) is 6.30. The van der Waals surface area contributed by atoms with Crippen molar-refractivity contribution in [2.45, 2.75) is 32.4 Å². The Labute approximate surface area is 123 Å². The molecule has 0 fully saturated rings. The summed E-state index contributed by atoms with van der Waals surface area (Å²) in [5, 5.41) is 4.96. The number of fused-ring (bicyclic) bond motifs is 1. The molecule has 0 amide bonds. The van der Waals surface area contributed by atoms with Crippen molar-refractivity contribution in [3.05, 3.63) is 45.7 Å². The fraction of sp³-hybridized carbons (Fsp3) is 0.400. The van der Waals surface area contributed by atoms with E-state index in [1.807, 2.05) is 20.0 Å². The molecule has 0 radical (unpaired) electrons. The summed E-state index contributed by atoms with van der Waals surface area (Å²) < 4.78 is 7.61. The van der Waals surface area contributed by atoms with E-state index in [1.54, 1.807) is 4.68 Å². The third-order valence-corrected chi connectivity index (χ3v) is 4.37. The number of halogens is 1. The molecule has 0 bridgehead atoms. The van der Waals surface area contributed by atoms with E-state index in [4.69, 9.17) is 22.1 Å². The highest BCUT2D eigenvalue weighted by molar-refractivity contribution is 6.31. The first-order chi connectivity index (χ1) is 9.56. The van der Waals surface area contributed by atoms with Gasteiger partial charge in [-0.1, -0.05) is 17.7 Å². The van der Waals surface area contributed by atoms with E-state index in [0.29, 0.717) is 11.6 Å². The number of rotatable bonds is 3. The summed E-state index contributed by atoms with van der Waals surface area (Å²) in [5.41, 5.74) is 10.3. The number of aromatic nitrogens is 2. The first kappa shape index (κ1) is 13.5. The van der Waals surface area contributed by atoms with Crippen LogP contribution in [0.4, 0.5) is 0 Å². The molecule has 106 valence electrons. The molecule has 1 aliphatic carbocycles. The normalized spacial score (nSPS) is 17.3. The van der Waals surface area contributed by atoms with Gasteiger partial charge in [-0.05, 0) is 43.0 Å². The van der Waals surface area contributed by atoms with E-state index in [0.717, 1.165) is 30.0 Å². The molecule has 0 spiro atoms. The molecule has 1 aliphatic rings. The summed E-state index contributed by atoms with van der Waals surface area (Å²) in [4.78, 5) is 0. The highest BCUT2D eigenvalue weighted by Crippen LogP contribution is 2.32. The lowest BCUT2D eigenvalue weighted by Gasteiger charge is -2.10. The molecule has 2 aromatic rings. The minimum Gasteiger partial charge on any atom is -0.487 e. The molecule has 1 aromatic carbocycles. The highest BCUT2D eigenvalue weighted by Gasteiger charge is 2.19. The van der Waals surface area contributed by atoms with Crippen LogP contribution < -0.4 is 10.5 Å². The van der Waals surface area contributed by atoms with Crippen molar-refractivity contribution in [1.82, 2.24) is 9.78 Å². The molecule has 4 nitrogen and oxygen atoms in total. The smallest absolute Gasteiger partial charge is 0.131 e. The summed E-state index contributed by atoms with van der Waals surface area (Å²) in [6.07, 6.45) is 2.05.